The highest BCUT2D eigenvalue weighted by Gasteiger charge is 2.16. The molecule has 4 N–H and O–H groups in total. The van der Waals surface area contributed by atoms with Crippen molar-refractivity contribution in [3.63, 3.8) is 0 Å². The molecule has 0 aliphatic carbocycles. The number of hydrogen-bond donors (Lipinski definition) is 2. The zero-order valence-corrected chi connectivity index (χ0v) is 11.5. The van der Waals surface area contributed by atoms with E-state index in [-0.39, 0.29) is 5.95 Å². The predicted molar refractivity (Wildman–Crippen MR) is 78.6 cm³/mol. The van der Waals surface area contributed by atoms with E-state index in [1.165, 1.54) is 4.52 Å². The highest BCUT2D eigenvalue weighted by molar-refractivity contribution is 5.90. The molecule has 10 nitrogen and oxygen atoms in total. The Labute approximate surface area is 123 Å². The highest BCUT2D eigenvalue weighted by atomic mass is 15.4. The van der Waals surface area contributed by atoms with Crippen LogP contribution < -0.4 is 11.5 Å². The normalized spacial score (nSPS) is 11.5. The molecule has 4 heterocycles. The second-order valence-corrected chi connectivity index (χ2v) is 4.63. The highest BCUT2D eigenvalue weighted by Crippen LogP contribution is 2.21. The molecule has 10 heteroatoms. The lowest BCUT2D eigenvalue weighted by molar-refractivity contribution is 0.640. The van der Waals surface area contributed by atoms with E-state index in [0.717, 1.165) is 5.39 Å². The average Bonchev–Trinajstić information content (AvgIpc) is 3.14. The second-order valence-electron chi connectivity index (χ2n) is 4.63. The fourth-order valence-electron chi connectivity index (χ4n) is 2.27. The summed E-state index contributed by atoms with van der Waals surface area (Å²) >= 11 is 0. The third kappa shape index (κ3) is 1.78. The number of fused-ring (bicyclic) bond motifs is 3. The summed E-state index contributed by atoms with van der Waals surface area (Å²) in [6.07, 6.45) is 6.44. The number of nitrogens with zero attached hydrogens (tertiary/aromatic N) is 8. The number of anilines is 1. The first-order valence-corrected chi connectivity index (χ1v) is 6.62. The van der Waals surface area contributed by atoms with Crippen LogP contribution in [0.25, 0.3) is 28.2 Å². The van der Waals surface area contributed by atoms with Crippen LogP contribution in [-0.2, 0) is 6.54 Å². The number of rotatable bonds is 3. The standard InChI is InChI=1S/C12H12N10/c13-1-4-21-10-7(5-17-21)11-18-9(8-6-15-2-3-16-8)20-22(11)12(14)19-10/h2-3,5-6H,1,4,13H2,(H2,14,19). The Bertz CT molecular complexity index is 954. The molecule has 0 fully saturated rings. The molecular formula is C12H12N10. The molecule has 0 bridgehead atoms. The maximum Gasteiger partial charge on any atom is 0.225 e. The van der Waals surface area contributed by atoms with Gasteiger partial charge in [-0.25, -0.2) is 14.6 Å². The van der Waals surface area contributed by atoms with Gasteiger partial charge in [0.1, 0.15) is 5.69 Å². The first kappa shape index (κ1) is 12.6. The van der Waals surface area contributed by atoms with Gasteiger partial charge in [0.05, 0.1) is 24.3 Å². The molecule has 4 aromatic heterocycles. The van der Waals surface area contributed by atoms with Crippen LogP contribution in [0.3, 0.4) is 0 Å². The van der Waals surface area contributed by atoms with Crippen LogP contribution in [0.15, 0.2) is 24.8 Å². The van der Waals surface area contributed by atoms with Crippen molar-refractivity contribution in [3.05, 3.63) is 24.8 Å². The van der Waals surface area contributed by atoms with Gasteiger partial charge in [0.25, 0.3) is 0 Å². The molecular weight excluding hydrogens is 284 g/mol. The van der Waals surface area contributed by atoms with Gasteiger partial charge in [-0.3, -0.25) is 4.98 Å². The van der Waals surface area contributed by atoms with Crippen molar-refractivity contribution in [2.45, 2.75) is 6.54 Å². The zero-order chi connectivity index (χ0) is 15.1. The van der Waals surface area contributed by atoms with Gasteiger partial charge in [-0.15, -0.1) is 5.10 Å². The first-order chi connectivity index (χ1) is 10.8. The van der Waals surface area contributed by atoms with E-state index < -0.39 is 0 Å². The summed E-state index contributed by atoms with van der Waals surface area (Å²) < 4.78 is 3.17. The molecule has 0 radical (unpaired) electrons. The van der Waals surface area contributed by atoms with Gasteiger partial charge in [0.2, 0.25) is 11.8 Å². The molecule has 0 aromatic carbocycles. The van der Waals surface area contributed by atoms with Gasteiger partial charge in [-0.2, -0.15) is 14.6 Å². The minimum atomic E-state index is 0.226. The smallest absolute Gasteiger partial charge is 0.225 e. The second kappa shape index (κ2) is 4.70. The SMILES string of the molecule is NCCn1ncc2c1nc(N)n1nc(-c3cnccn3)nc21. The quantitative estimate of drug-likeness (QED) is 0.514. The van der Waals surface area contributed by atoms with E-state index >= 15 is 0 Å². The van der Waals surface area contributed by atoms with Crippen LogP contribution in [0, 0.1) is 0 Å². The summed E-state index contributed by atoms with van der Waals surface area (Å²) in [5.74, 6) is 0.657. The largest absolute Gasteiger partial charge is 0.368 e. The van der Waals surface area contributed by atoms with Crippen molar-refractivity contribution in [2.75, 3.05) is 12.3 Å². The Morgan fingerprint density at radius 2 is 2.00 bits per heavy atom. The molecule has 0 amide bonds. The van der Waals surface area contributed by atoms with Crippen molar-refractivity contribution in [3.8, 4) is 11.5 Å². The van der Waals surface area contributed by atoms with Crippen LogP contribution in [-0.4, -0.2) is 45.9 Å². The monoisotopic (exact) mass is 296 g/mol. The maximum absolute atomic E-state index is 5.98. The van der Waals surface area contributed by atoms with Crippen LogP contribution in [0.2, 0.25) is 0 Å². The maximum atomic E-state index is 5.98. The van der Waals surface area contributed by atoms with Crippen LogP contribution >= 0.6 is 0 Å². The molecule has 110 valence electrons. The summed E-state index contributed by atoms with van der Waals surface area (Å²) in [6, 6.07) is 0. The molecule has 22 heavy (non-hydrogen) atoms. The van der Waals surface area contributed by atoms with Crippen molar-refractivity contribution in [1.29, 1.82) is 0 Å². The van der Waals surface area contributed by atoms with Crippen LogP contribution in [0.4, 0.5) is 5.95 Å². The lowest BCUT2D eigenvalue weighted by Crippen LogP contribution is -2.12. The summed E-state index contributed by atoms with van der Waals surface area (Å²) in [6.45, 7) is 1.01. The summed E-state index contributed by atoms with van der Waals surface area (Å²) in [7, 11) is 0. The van der Waals surface area contributed by atoms with Gasteiger partial charge < -0.3 is 11.5 Å². The Kier molecular flexibility index (Phi) is 2.69. The van der Waals surface area contributed by atoms with E-state index in [0.29, 0.717) is 35.9 Å². The van der Waals surface area contributed by atoms with Crippen molar-refractivity contribution in [1.82, 2.24) is 39.3 Å². The molecule has 0 spiro atoms. The molecule has 0 atom stereocenters. The molecule has 0 unspecified atom stereocenters. The van der Waals surface area contributed by atoms with Crippen LogP contribution in [0.5, 0.6) is 0 Å². The molecule has 4 rings (SSSR count). The van der Waals surface area contributed by atoms with E-state index in [2.05, 4.69) is 30.1 Å². The van der Waals surface area contributed by atoms with Gasteiger partial charge in [-0.1, -0.05) is 0 Å². The third-order valence-corrected chi connectivity index (χ3v) is 3.23. The zero-order valence-electron chi connectivity index (χ0n) is 11.5. The molecule has 0 saturated heterocycles. The predicted octanol–water partition coefficient (Wildman–Crippen LogP) is -0.528. The third-order valence-electron chi connectivity index (χ3n) is 3.23. The summed E-state index contributed by atoms with van der Waals surface area (Å²) in [5.41, 5.74) is 13.3. The minimum Gasteiger partial charge on any atom is -0.368 e. The Hall–Kier alpha value is -3.14. The van der Waals surface area contributed by atoms with Gasteiger partial charge in [-0.05, 0) is 0 Å². The Morgan fingerprint density at radius 3 is 2.77 bits per heavy atom. The fraction of sp³-hybridized carbons (Fsp3) is 0.167. The van der Waals surface area contributed by atoms with Crippen LogP contribution in [0.1, 0.15) is 0 Å². The van der Waals surface area contributed by atoms with E-state index in [1.807, 2.05) is 0 Å². The number of nitrogens with two attached hydrogens (primary N) is 2. The lowest BCUT2D eigenvalue weighted by atomic mass is 10.4. The summed E-state index contributed by atoms with van der Waals surface area (Å²) in [5, 5.41) is 9.36. The van der Waals surface area contributed by atoms with Gasteiger partial charge >= 0.3 is 0 Å². The summed E-state index contributed by atoms with van der Waals surface area (Å²) in [4.78, 5) is 17.0. The van der Waals surface area contributed by atoms with E-state index in [4.69, 9.17) is 11.5 Å². The minimum absolute atomic E-state index is 0.226. The molecule has 0 aliphatic heterocycles. The number of aromatic nitrogens is 8. The van der Waals surface area contributed by atoms with Gasteiger partial charge in [0, 0.05) is 18.9 Å². The number of nitrogen functional groups attached to an aromatic ring is 1. The average molecular weight is 296 g/mol. The lowest BCUT2D eigenvalue weighted by Gasteiger charge is -2.01. The van der Waals surface area contributed by atoms with Gasteiger partial charge in [0.15, 0.2) is 11.3 Å². The fourth-order valence-corrected chi connectivity index (χ4v) is 2.27. The molecule has 0 saturated carbocycles. The number of hydrogen-bond acceptors (Lipinski definition) is 8. The van der Waals surface area contributed by atoms with Crippen molar-refractivity contribution < 1.29 is 0 Å². The topological polar surface area (TPSA) is 139 Å². The van der Waals surface area contributed by atoms with Crippen molar-refractivity contribution in [2.24, 2.45) is 5.73 Å². The van der Waals surface area contributed by atoms with E-state index in [9.17, 15) is 0 Å². The molecule has 4 aromatic rings. The molecule has 0 aliphatic rings. The Balaban J connectivity index is 1.99. The first-order valence-electron chi connectivity index (χ1n) is 6.62. The van der Waals surface area contributed by atoms with Crippen molar-refractivity contribution >= 4 is 22.6 Å². The Morgan fingerprint density at radius 1 is 1.09 bits per heavy atom. The van der Waals surface area contributed by atoms with E-state index in [1.54, 1.807) is 29.5 Å².